The van der Waals surface area contributed by atoms with Crippen LogP contribution in [0, 0.1) is 5.82 Å². The average Bonchev–Trinajstić information content (AvgIpc) is 3.23. The Kier molecular flexibility index (Phi) is 5.16. The van der Waals surface area contributed by atoms with Gasteiger partial charge in [-0.05, 0) is 26.8 Å². The van der Waals surface area contributed by atoms with E-state index in [1.165, 1.54) is 11.0 Å². The number of halogens is 1. The second kappa shape index (κ2) is 7.68. The van der Waals surface area contributed by atoms with Gasteiger partial charge in [0.05, 0.1) is 13.2 Å². The molecule has 31 heavy (non-hydrogen) atoms. The summed E-state index contributed by atoms with van der Waals surface area (Å²) in [5, 5.41) is 0. The highest BCUT2D eigenvalue weighted by atomic mass is 19.1. The van der Waals surface area contributed by atoms with Crippen molar-refractivity contribution in [2.45, 2.75) is 39.5 Å². The summed E-state index contributed by atoms with van der Waals surface area (Å²) in [6.45, 7) is 5.45. The number of guanidine groups is 1. The molecule has 1 aromatic rings. The molecule has 2 atom stereocenters. The molecule has 9 nitrogen and oxygen atoms in total. The number of ether oxygens (including phenoxy) is 1. The van der Waals surface area contributed by atoms with Gasteiger partial charge in [-0.3, -0.25) is 19.4 Å². The van der Waals surface area contributed by atoms with Crippen molar-refractivity contribution in [3.8, 4) is 0 Å². The zero-order valence-corrected chi connectivity index (χ0v) is 17.8. The predicted octanol–water partition coefficient (Wildman–Crippen LogP) is 1.72. The Labute approximate surface area is 179 Å². The van der Waals surface area contributed by atoms with Gasteiger partial charge in [0.2, 0.25) is 5.96 Å². The molecule has 0 radical (unpaired) electrons. The van der Waals surface area contributed by atoms with Crippen LogP contribution in [0.2, 0.25) is 0 Å². The van der Waals surface area contributed by atoms with Crippen molar-refractivity contribution >= 4 is 23.9 Å². The van der Waals surface area contributed by atoms with E-state index in [9.17, 15) is 18.8 Å². The number of likely N-dealkylation sites (N-methyl/N-ethyl adjacent to an activating group) is 1. The third-order valence-electron chi connectivity index (χ3n) is 5.88. The van der Waals surface area contributed by atoms with Gasteiger partial charge in [-0.1, -0.05) is 18.2 Å². The number of rotatable bonds is 5. The maximum atomic E-state index is 14.2. The Morgan fingerprint density at radius 1 is 1.16 bits per heavy atom. The quantitative estimate of drug-likeness (QED) is 0.663. The molecule has 0 saturated carbocycles. The Morgan fingerprint density at radius 3 is 2.55 bits per heavy atom. The van der Waals surface area contributed by atoms with Crippen molar-refractivity contribution in [1.82, 2.24) is 19.6 Å². The minimum Gasteiger partial charge on any atom is -0.465 e. The topological polar surface area (TPSA) is 85.8 Å². The van der Waals surface area contributed by atoms with E-state index in [2.05, 4.69) is 4.99 Å². The van der Waals surface area contributed by atoms with E-state index in [-0.39, 0.29) is 25.3 Å². The average molecular weight is 429 g/mol. The molecule has 164 valence electrons. The van der Waals surface area contributed by atoms with Crippen molar-refractivity contribution in [2.75, 3.05) is 20.2 Å². The number of carbonyl (C=O) groups is 3. The lowest BCUT2D eigenvalue weighted by Gasteiger charge is -2.40. The van der Waals surface area contributed by atoms with Crippen molar-refractivity contribution < 1.29 is 23.5 Å². The summed E-state index contributed by atoms with van der Waals surface area (Å²) in [5.41, 5.74) is 1.79. The molecule has 3 aliphatic rings. The molecule has 2 unspecified atom stereocenters. The fourth-order valence-electron chi connectivity index (χ4n) is 4.15. The van der Waals surface area contributed by atoms with Crippen LogP contribution >= 0.6 is 0 Å². The Hall–Kier alpha value is -3.43. The van der Waals surface area contributed by atoms with Crippen LogP contribution in [0.1, 0.15) is 26.3 Å². The molecule has 3 amide bonds. The van der Waals surface area contributed by atoms with E-state index in [1.54, 1.807) is 42.0 Å². The highest BCUT2D eigenvalue weighted by molar-refractivity contribution is 6.05. The van der Waals surface area contributed by atoms with Crippen LogP contribution in [-0.2, 0) is 20.9 Å². The highest BCUT2D eigenvalue weighted by Gasteiger charge is 2.55. The molecule has 4 rings (SSSR count). The second-order valence-corrected chi connectivity index (χ2v) is 7.63. The predicted molar refractivity (Wildman–Crippen MR) is 109 cm³/mol. The molecule has 1 aromatic carbocycles. The fraction of sp³-hybridized carbons (Fsp3) is 0.429. The molecule has 0 aliphatic carbocycles. The first-order valence-corrected chi connectivity index (χ1v) is 10.1. The van der Waals surface area contributed by atoms with Crippen molar-refractivity contribution in [3.05, 3.63) is 47.0 Å². The van der Waals surface area contributed by atoms with Crippen LogP contribution in [0.5, 0.6) is 0 Å². The van der Waals surface area contributed by atoms with Gasteiger partial charge in [0.15, 0.2) is 12.2 Å². The maximum Gasteiger partial charge on any atom is 0.328 e. The number of imide groups is 1. The molecule has 3 aliphatic heterocycles. The van der Waals surface area contributed by atoms with Crippen LogP contribution in [0.25, 0.3) is 0 Å². The lowest BCUT2D eigenvalue weighted by Crippen LogP contribution is -2.64. The first-order valence-electron chi connectivity index (χ1n) is 10.1. The Morgan fingerprint density at radius 2 is 1.87 bits per heavy atom. The number of carbonyl (C=O) groups excluding carboxylic acids is 3. The summed E-state index contributed by atoms with van der Waals surface area (Å²) in [6, 6.07) is 4.72. The molecular weight excluding hydrogens is 405 g/mol. The molecule has 1 fully saturated rings. The van der Waals surface area contributed by atoms with E-state index < -0.39 is 35.9 Å². The number of urea groups is 1. The van der Waals surface area contributed by atoms with Gasteiger partial charge in [0.25, 0.3) is 5.91 Å². The number of esters is 1. The first-order chi connectivity index (χ1) is 14.8. The molecule has 0 N–H and O–H groups in total. The molecule has 10 heteroatoms. The maximum absolute atomic E-state index is 14.2. The lowest BCUT2D eigenvalue weighted by atomic mass is 10.1. The molecule has 1 saturated heterocycles. The molecule has 3 heterocycles. The van der Waals surface area contributed by atoms with Crippen molar-refractivity contribution in [1.29, 1.82) is 0 Å². The monoisotopic (exact) mass is 429 g/mol. The second-order valence-electron chi connectivity index (χ2n) is 7.63. The number of benzene rings is 1. The van der Waals surface area contributed by atoms with Crippen molar-refractivity contribution in [3.63, 3.8) is 0 Å². The smallest absolute Gasteiger partial charge is 0.328 e. The summed E-state index contributed by atoms with van der Waals surface area (Å²) in [5.74, 6) is -0.921. The zero-order valence-electron chi connectivity index (χ0n) is 17.8. The number of fused-ring (bicyclic) bond motifs is 3. The zero-order chi connectivity index (χ0) is 22.4. The number of hydrogen-bond acceptors (Lipinski definition) is 7. The summed E-state index contributed by atoms with van der Waals surface area (Å²) >= 11 is 0. The number of aliphatic imine (C=N–C) groups is 1. The van der Waals surface area contributed by atoms with Crippen LogP contribution in [0.4, 0.5) is 9.18 Å². The van der Waals surface area contributed by atoms with E-state index in [0.717, 1.165) is 16.3 Å². The molecular formula is C21H24FN5O4. The van der Waals surface area contributed by atoms with Crippen LogP contribution in [0.3, 0.4) is 0 Å². The largest absolute Gasteiger partial charge is 0.465 e. The summed E-state index contributed by atoms with van der Waals surface area (Å²) < 4.78 is 19.2. The van der Waals surface area contributed by atoms with Gasteiger partial charge < -0.3 is 14.5 Å². The highest BCUT2D eigenvalue weighted by Crippen LogP contribution is 2.38. The summed E-state index contributed by atoms with van der Waals surface area (Å²) in [6.07, 6.45) is -0.736. The van der Waals surface area contributed by atoms with Crippen LogP contribution in [-0.4, -0.2) is 75.9 Å². The third-order valence-corrected chi connectivity index (χ3v) is 5.88. The summed E-state index contributed by atoms with van der Waals surface area (Å²) in [7, 11) is 1.56. The minimum atomic E-state index is -0.786. The van der Waals surface area contributed by atoms with Gasteiger partial charge in [-0.15, -0.1) is 0 Å². The van der Waals surface area contributed by atoms with Gasteiger partial charge in [0, 0.05) is 24.0 Å². The van der Waals surface area contributed by atoms with E-state index in [0.29, 0.717) is 5.96 Å². The fourth-order valence-corrected chi connectivity index (χ4v) is 4.15. The van der Waals surface area contributed by atoms with E-state index in [4.69, 9.17) is 4.74 Å². The van der Waals surface area contributed by atoms with Gasteiger partial charge >= 0.3 is 12.0 Å². The third kappa shape index (κ3) is 3.22. The van der Waals surface area contributed by atoms with Crippen LogP contribution in [0.15, 0.2) is 40.7 Å². The SMILES string of the molecule is CCOC(=O)CN1C2=NC3C(C(=O)N(Cc4ccccc4F)C(=O)N3C)N2C(C)=C1C. The lowest BCUT2D eigenvalue weighted by molar-refractivity contribution is -0.143. The molecule has 0 bridgehead atoms. The number of hydrogen-bond donors (Lipinski definition) is 0. The van der Waals surface area contributed by atoms with E-state index >= 15 is 0 Å². The Balaban J connectivity index is 1.65. The van der Waals surface area contributed by atoms with E-state index in [1.807, 2.05) is 13.8 Å². The number of allylic oxidation sites excluding steroid dienone is 2. The standard InChI is InChI=1S/C21H24FN5O4/c1-5-31-16(28)11-25-12(2)13(3)27-17-18(23-20(25)27)24(4)21(30)26(19(17)29)10-14-8-6-7-9-15(14)22/h6-9,17-18H,5,10-11H2,1-4H3. The van der Waals surface area contributed by atoms with Gasteiger partial charge in [0.1, 0.15) is 12.4 Å². The minimum absolute atomic E-state index is 0.0451. The normalized spacial score (nSPS) is 22.8. The van der Waals surface area contributed by atoms with Crippen LogP contribution < -0.4 is 0 Å². The number of nitrogens with zero attached hydrogens (tertiary/aromatic N) is 5. The molecule has 0 aromatic heterocycles. The number of amides is 3. The van der Waals surface area contributed by atoms with Gasteiger partial charge in [-0.25, -0.2) is 14.2 Å². The Bertz CT molecular complexity index is 1020. The molecule has 0 spiro atoms. The summed E-state index contributed by atoms with van der Waals surface area (Å²) in [4.78, 5) is 48.9. The first kappa shape index (κ1) is 20.8. The van der Waals surface area contributed by atoms with Crippen molar-refractivity contribution in [2.24, 2.45) is 4.99 Å². The van der Waals surface area contributed by atoms with Gasteiger partial charge in [-0.2, -0.15) is 0 Å².